The van der Waals surface area contributed by atoms with Gasteiger partial charge in [-0.25, -0.2) is 0 Å². The predicted molar refractivity (Wildman–Crippen MR) is 68.5 cm³/mol. The standard InChI is InChI=1S/C13H21N3O3/c1-4-9-14-15-10(19-9)8-16-7-5-6-13(2,3)11(16)12(17)18/h11H,4-8H2,1-3H3,(H,17,18). The molecule has 1 N–H and O–H groups in total. The third-order valence-electron chi connectivity index (χ3n) is 3.76. The maximum absolute atomic E-state index is 11.5. The summed E-state index contributed by atoms with van der Waals surface area (Å²) < 4.78 is 5.47. The fraction of sp³-hybridized carbons (Fsp3) is 0.769. The summed E-state index contributed by atoms with van der Waals surface area (Å²) in [4.78, 5) is 13.5. The van der Waals surface area contributed by atoms with Crippen molar-refractivity contribution in [2.24, 2.45) is 5.41 Å². The molecular formula is C13H21N3O3. The number of likely N-dealkylation sites (tertiary alicyclic amines) is 1. The van der Waals surface area contributed by atoms with Crippen LogP contribution in [-0.2, 0) is 17.8 Å². The van der Waals surface area contributed by atoms with Gasteiger partial charge in [0.25, 0.3) is 0 Å². The Bertz CT molecular complexity index is 456. The van der Waals surface area contributed by atoms with Gasteiger partial charge in [0.2, 0.25) is 11.8 Å². The molecule has 0 spiro atoms. The number of carboxylic acid groups (broad SMARTS) is 1. The van der Waals surface area contributed by atoms with Crippen LogP contribution in [0.1, 0.15) is 45.4 Å². The fourth-order valence-electron chi connectivity index (χ4n) is 2.83. The van der Waals surface area contributed by atoms with Crippen LogP contribution in [-0.4, -0.2) is 38.8 Å². The zero-order valence-corrected chi connectivity index (χ0v) is 11.7. The third-order valence-corrected chi connectivity index (χ3v) is 3.76. The van der Waals surface area contributed by atoms with E-state index in [1.807, 2.05) is 25.7 Å². The van der Waals surface area contributed by atoms with Gasteiger partial charge in [0, 0.05) is 6.42 Å². The summed E-state index contributed by atoms with van der Waals surface area (Å²) >= 11 is 0. The number of carbonyl (C=O) groups is 1. The van der Waals surface area contributed by atoms with Crippen molar-refractivity contribution >= 4 is 5.97 Å². The maximum Gasteiger partial charge on any atom is 0.321 e. The van der Waals surface area contributed by atoms with Gasteiger partial charge in [-0.3, -0.25) is 9.69 Å². The van der Waals surface area contributed by atoms with Crippen molar-refractivity contribution in [2.75, 3.05) is 6.54 Å². The Morgan fingerprint density at radius 2 is 2.16 bits per heavy atom. The summed E-state index contributed by atoms with van der Waals surface area (Å²) in [5.41, 5.74) is -0.238. The predicted octanol–water partition coefficient (Wildman–Crippen LogP) is 1.71. The first-order chi connectivity index (χ1) is 8.94. The summed E-state index contributed by atoms with van der Waals surface area (Å²) in [6.07, 6.45) is 2.61. The second-order valence-corrected chi connectivity index (χ2v) is 5.75. The molecule has 106 valence electrons. The molecule has 19 heavy (non-hydrogen) atoms. The molecule has 1 aliphatic heterocycles. The van der Waals surface area contributed by atoms with E-state index in [0.29, 0.717) is 24.7 Å². The molecule has 1 saturated heterocycles. The molecule has 1 fully saturated rings. The minimum Gasteiger partial charge on any atom is -0.480 e. The summed E-state index contributed by atoms with van der Waals surface area (Å²) in [6.45, 7) is 7.12. The number of aromatic nitrogens is 2. The van der Waals surface area contributed by atoms with Crippen molar-refractivity contribution in [2.45, 2.75) is 52.6 Å². The average molecular weight is 267 g/mol. The van der Waals surface area contributed by atoms with E-state index in [1.165, 1.54) is 0 Å². The molecule has 0 saturated carbocycles. The molecule has 1 unspecified atom stereocenters. The fourth-order valence-corrected chi connectivity index (χ4v) is 2.83. The van der Waals surface area contributed by atoms with Crippen LogP contribution in [0.4, 0.5) is 0 Å². The number of carboxylic acids is 1. The Hall–Kier alpha value is -1.43. The topological polar surface area (TPSA) is 79.5 Å². The molecule has 0 bridgehead atoms. The smallest absolute Gasteiger partial charge is 0.321 e. The molecule has 6 heteroatoms. The van der Waals surface area contributed by atoms with Crippen molar-refractivity contribution in [3.63, 3.8) is 0 Å². The quantitative estimate of drug-likeness (QED) is 0.894. The van der Waals surface area contributed by atoms with E-state index in [2.05, 4.69) is 10.2 Å². The highest BCUT2D eigenvalue weighted by molar-refractivity contribution is 5.74. The van der Waals surface area contributed by atoms with Crippen LogP contribution in [0.2, 0.25) is 0 Å². The monoisotopic (exact) mass is 267 g/mol. The summed E-state index contributed by atoms with van der Waals surface area (Å²) in [6, 6.07) is -0.502. The summed E-state index contributed by atoms with van der Waals surface area (Å²) in [5, 5.41) is 17.4. The lowest BCUT2D eigenvalue weighted by Gasteiger charge is -2.43. The molecule has 1 aliphatic rings. The van der Waals surface area contributed by atoms with Gasteiger partial charge >= 0.3 is 5.97 Å². The van der Waals surface area contributed by atoms with Gasteiger partial charge in [0.15, 0.2) is 0 Å². The zero-order chi connectivity index (χ0) is 14.0. The highest BCUT2D eigenvalue weighted by Gasteiger charge is 2.42. The Morgan fingerprint density at radius 1 is 1.47 bits per heavy atom. The molecular weight excluding hydrogens is 246 g/mol. The van der Waals surface area contributed by atoms with Gasteiger partial charge in [0.1, 0.15) is 6.04 Å². The van der Waals surface area contributed by atoms with E-state index >= 15 is 0 Å². The van der Waals surface area contributed by atoms with Crippen molar-refractivity contribution in [3.05, 3.63) is 11.8 Å². The second kappa shape index (κ2) is 5.28. The number of nitrogens with zero attached hydrogens (tertiary/aromatic N) is 3. The lowest BCUT2D eigenvalue weighted by Crippen LogP contribution is -2.53. The van der Waals surface area contributed by atoms with Crippen LogP contribution in [0, 0.1) is 5.41 Å². The molecule has 1 atom stereocenters. The van der Waals surface area contributed by atoms with Crippen LogP contribution in [0.25, 0.3) is 0 Å². The van der Waals surface area contributed by atoms with Crippen molar-refractivity contribution in [1.82, 2.24) is 15.1 Å². The van der Waals surface area contributed by atoms with Gasteiger partial charge in [-0.05, 0) is 24.8 Å². The van der Waals surface area contributed by atoms with Gasteiger partial charge in [0.05, 0.1) is 6.54 Å². The minimum absolute atomic E-state index is 0.238. The zero-order valence-electron chi connectivity index (χ0n) is 11.7. The Balaban J connectivity index is 2.15. The Kier molecular flexibility index (Phi) is 3.89. The largest absolute Gasteiger partial charge is 0.480 e. The lowest BCUT2D eigenvalue weighted by molar-refractivity contribution is -0.151. The molecule has 0 amide bonds. The lowest BCUT2D eigenvalue weighted by atomic mass is 9.76. The Morgan fingerprint density at radius 3 is 2.74 bits per heavy atom. The first-order valence-electron chi connectivity index (χ1n) is 6.72. The van der Waals surface area contributed by atoms with E-state index in [9.17, 15) is 9.90 Å². The highest BCUT2D eigenvalue weighted by atomic mass is 16.4. The summed E-state index contributed by atoms with van der Waals surface area (Å²) in [5.74, 6) is 0.318. The number of hydrogen-bond acceptors (Lipinski definition) is 5. The van der Waals surface area contributed by atoms with Crippen molar-refractivity contribution in [1.29, 1.82) is 0 Å². The van der Waals surface area contributed by atoms with E-state index in [-0.39, 0.29) is 5.41 Å². The van der Waals surface area contributed by atoms with E-state index in [0.717, 1.165) is 19.4 Å². The number of rotatable bonds is 4. The SMILES string of the molecule is CCc1nnc(CN2CCCC(C)(C)C2C(=O)O)o1. The van der Waals surface area contributed by atoms with Crippen LogP contribution in [0.15, 0.2) is 4.42 Å². The molecule has 6 nitrogen and oxygen atoms in total. The normalized spacial score (nSPS) is 23.4. The minimum atomic E-state index is -0.778. The molecule has 0 radical (unpaired) electrons. The average Bonchev–Trinajstić information content (AvgIpc) is 2.75. The Labute approximate surface area is 112 Å². The molecule has 0 aromatic carbocycles. The van der Waals surface area contributed by atoms with Crippen molar-refractivity contribution in [3.8, 4) is 0 Å². The van der Waals surface area contributed by atoms with Crippen LogP contribution in [0.3, 0.4) is 0 Å². The van der Waals surface area contributed by atoms with E-state index in [4.69, 9.17) is 4.42 Å². The number of hydrogen-bond donors (Lipinski definition) is 1. The highest BCUT2D eigenvalue weighted by Crippen LogP contribution is 2.35. The number of aliphatic carboxylic acids is 1. The van der Waals surface area contributed by atoms with E-state index < -0.39 is 12.0 Å². The van der Waals surface area contributed by atoms with Crippen LogP contribution in [0.5, 0.6) is 0 Å². The van der Waals surface area contributed by atoms with E-state index in [1.54, 1.807) is 0 Å². The van der Waals surface area contributed by atoms with Gasteiger partial charge < -0.3 is 9.52 Å². The molecule has 2 heterocycles. The first-order valence-corrected chi connectivity index (χ1v) is 6.72. The molecule has 1 aromatic heterocycles. The maximum atomic E-state index is 11.5. The first kappa shape index (κ1) is 14.0. The number of piperidine rings is 1. The van der Waals surface area contributed by atoms with Gasteiger partial charge in [-0.1, -0.05) is 20.8 Å². The van der Waals surface area contributed by atoms with Crippen LogP contribution >= 0.6 is 0 Å². The second-order valence-electron chi connectivity index (χ2n) is 5.75. The van der Waals surface area contributed by atoms with Gasteiger partial charge in [-0.2, -0.15) is 0 Å². The molecule has 0 aliphatic carbocycles. The third kappa shape index (κ3) is 2.94. The van der Waals surface area contributed by atoms with Crippen LogP contribution < -0.4 is 0 Å². The number of aryl methyl sites for hydroxylation is 1. The molecule has 2 rings (SSSR count). The van der Waals surface area contributed by atoms with Gasteiger partial charge in [-0.15, -0.1) is 10.2 Å². The van der Waals surface area contributed by atoms with Crippen molar-refractivity contribution < 1.29 is 14.3 Å². The summed E-state index contributed by atoms with van der Waals surface area (Å²) in [7, 11) is 0. The molecule has 1 aromatic rings.